The Labute approximate surface area is 126 Å². The van der Waals surface area contributed by atoms with E-state index in [0.717, 1.165) is 49.6 Å². The molecule has 5 heteroatoms. The minimum absolute atomic E-state index is 0.615. The summed E-state index contributed by atoms with van der Waals surface area (Å²) in [7, 11) is 0. The highest BCUT2D eigenvalue weighted by molar-refractivity contribution is 5.31. The summed E-state index contributed by atoms with van der Waals surface area (Å²) in [5.74, 6) is 0.972. The van der Waals surface area contributed by atoms with E-state index in [-0.39, 0.29) is 0 Å². The van der Waals surface area contributed by atoms with Crippen LogP contribution in [0.25, 0.3) is 0 Å². The summed E-state index contributed by atoms with van der Waals surface area (Å²) in [6.45, 7) is 6.33. The molecule has 0 spiro atoms. The zero-order chi connectivity index (χ0) is 15.1. The first-order valence-corrected chi connectivity index (χ1v) is 7.50. The largest absolute Gasteiger partial charge is 0.493 e. The van der Waals surface area contributed by atoms with Crippen molar-refractivity contribution in [3.63, 3.8) is 0 Å². The van der Waals surface area contributed by atoms with Gasteiger partial charge >= 0.3 is 0 Å². The van der Waals surface area contributed by atoms with E-state index >= 15 is 0 Å². The maximum absolute atomic E-state index is 5.79. The van der Waals surface area contributed by atoms with E-state index in [2.05, 4.69) is 30.2 Å². The molecule has 21 heavy (non-hydrogen) atoms. The highest BCUT2D eigenvalue weighted by atomic mass is 16.5. The van der Waals surface area contributed by atoms with Crippen LogP contribution in [0.15, 0.2) is 24.3 Å². The van der Waals surface area contributed by atoms with E-state index < -0.39 is 0 Å². The third-order valence-corrected chi connectivity index (χ3v) is 3.57. The van der Waals surface area contributed by atoms with Crippen LogP contribution in [0.1, 0.15) is 29.8 Å². The number of nitrogens with two attached hydrogens (primary N) is 1. The van der Waals surface area contributed by atoms with E-state index in [1.165, 1.54) is 5.56 Å². The summed E-state index contributed by atoms with van der Waals surface area (Å²) in [4.78, 5) is 0. The minimum atomic E-state index is 0.615. The molecule has 0 bridgehead atoms. The molecule has 0 fully saturated rings. The molecular weight excluding hydrogens is 264 g/mol. The molecule has 0 aliphatic rings. The topological polar surface area (TPSA) is 66.0 Å². The SMILES string of the molecule is Cc1ccccc1OCCCCn1nnc(CCN)c1C. The third-order valence-electron chi connectivity index (χ3n) is 3.57. The predicted octanol–water partition coefficient (Wildman–Crippen LogP) is 2.26. The number of hydrogen-bond donors (Lipinski definition) is 1. The monoisotopic (exact) mass is 288 g/mol. The van der Waals surface area contributed by atoms with Gasteiger partial charge in [-0.3, -0.25) is 0 Å². The van der Waals surface area contributed by atoms with Gasteiger partial charge in [0.2, 0.25) is 0 Å². The van der Waals surface area contributed by atoms with Crippen LogP contribution in [0.5, 0.6) is 5.75 Å². The van der Waals surface area contributed by atoms with Crippen molar-refractivity contribution in [3.05, 3.63) is 41.2 Å². The van der Waals surface area contributed by atoms with Crippen molar-refractivity contribution in [2.24, 2.45) is 5.73 Å². The van der Waals surface area contributed by atoms with Gasteiger partial charge in [0.05, 0.1) is 18.0 Å². The molecule has 0 atom stereocenters. The summed E-state index contributed by atoms with van der Waals surface area (Å²) in [6, 6.07) is 8.10. The second-order valence-electron chi connectivity index (χ2n) is 5.20. The third kappa shape index (κ3) is 4.29. The fraction of sp³-hybridized carbons (Fsp3) is 0.500. The van der Waals surface area contributed by atoms with Gasteiger partial charge in [0, 0.05) is 13.0 Å². The summed E-state index contributed by atoms with van der Waals surface area (Å²) >= 11 is 0. The zero-order valence-electron chi connectivity index (χ0n) is 12.9. The summed E-state index contributed by atoms with van der Waals surface area (Å²) in [6.07, 6.45) is 2.82. The molecule has 114 valence electrons. The summed E-state index contributed by atoms with van der Waals surface area (Å²) in [5.41, 5.74) is 8.86. The Balaban J connectivity index is 1.72. The first-order chi connectivity index (χ1) is 10.2. The minimum Gasteiger partial charge on any atom is -0.493 e. The molecule has 1 aromatic heterocycles. The Hall–Kier alpha value is -1.88. The van der Waals surface area contributed by atoms with Gasteiger partial charge in [-0.05, 0) is 44.9 Å². The molecular formula is C16H24N4O. The second kappa shape index (κ2) is 7.78. The Morgan fingerprint density at radius 3 is 2.76 bits per heavy atom. The number of nitrogens with zero attached hydrogens (tertiary/aromatic N) is 3. The first-order valence-electron chi connectivity index (χ1n) is 7.50. The highest BCUT2D eigenvalue weighted by Gasteiger charge is 2.07. The number of unbranched alkanes of at least 4 members (excludes halogenated alkanes) is 1. The molecule has 1 heterocycles. The van der Waals surface area contributed by atoms with Crippen LogP contribution in [-0.2, 0) is 13.0 Å². The Kier molecular flexibility index (Phi) is 5.75. The zero-order valence-corrected chi connectivity index (χ0v) is 12.9. The lowest BCUT2D eigenvalue weighted by Gasteiger charge is -2.09. The second-order valence-corrected chi connectivity index (χ2v) is 5.20. The quantitative estimate of drug-likeness (QED) is 0.757. The number of aromatic nitrogens is 3. The van der Waals surface area contributed by atoms with Gasteiger partial charge in [-0.2, -0.15) is 0 Å². The van der Waals surface area contributed by atoms with Crippen molar-refractivity contribution in [1.82, 2.24) is 15.0 Å². The normalized spacial score (nSPS) is 10.8. The van der Waals surface area contributed by atoms with Gasteiger partial charge < -0.3 is 10.5 Å². The Morgan fingerprint density at radius 1 is 1.19 bits per heavy atom. The van der Waals surface area contributed by atoms with Crippen LogP contribution in [-0.4, -0.2) is 28.1 Å². The molecule has 2 rings (SSSR count). The summed E-state index contributed by atoms with van der Waals surface area (Å²) < 4.78 is 7.74. The van der Waals surface area contributed by atoms with E-state index in [1.807, 2.05) is 22.9 Å². The molecule has 0 aliphatic heterocycles. The molecule has 0 aliphatic carbocycles. The fourth-order valence-electron chi connectivity index (χ4n) is 2.24. The van der Waals surface area contributed by atoms with Crippen molar-refractivity contribution < 1.29 is 4.74 Å². The number of benzene rings is 1. The maximum Gasteiger partial charge on any atom is 0.122 e. The molecule has 0 saturated carbocycles. The van der Waals surface area contributed by atoms with Gasteiger partial charge in [-0.15, -0.1) is 5.10 Å². The molecule has 2 aromatic rings. The van der Waals surface area contributed by atoms with Crippen LogP contribution in [0.4, 0.5) is 0 Å². The molecule has 1 aromatic carbocycles. The average Bonchev–Trinajstić information content (AvgIpc) is 2.82. The Bertz CT molecular complexity index is 565. The van der Waals surface area contributed by atoms with Crippen molar-refractivity contribution >= 4 is 0 Å². The number of rotatable bonds is 8. The van der Waals surface area contributed by atoms with Crippen molar-refractivity contribution in [2.45, 2.75) is 39.7 Å². The maximum atomic E-state index is 5.79. The van der Waals surface area contributed by atoms with E-state index in [4.69, 9.17) is 10.5 Å². The van der Waals surface area contributed by atoms with Crippen molar-refractivity contribution in [2.75, 3.05) is 13.2 Å². The fourth-order valence-corrected chi connectivity index (χ4v) is 2.24. The molecule has 2 N–H and O–H groups in total. The number of ether oxygens (including phenoxy) is 1. The standard InChI is InChI=1S/C16H24N4O/c1-13-7-3-4-8-16(13)21-12-6-5-11-20-14(2)15(9-10-17)18-19-20/h3-4,7-8H,5-6,9-12,17H2,1-2H3. The van der Waals surface area contributed by atoms with E-state index in [9.17, 15) is 0 Å². The lowest BCUT2D eigenvalue weighted by atomic mass is 10.2. The van der Waals surface area contributed by atoms with Crippen LogP contribution in [0.3, 0.4) is 0 Å². The molecule has 0 radical (unpaired) electrons. The van der Waals surface area contributed by atoms with E-state index in [0.29, 0.717) is 6.54 Å². The number of aryl methyl sites for hydroxylation is 2. The summed E-state index contributed by atoms with van der Waals surface area (Å²) in [5, 5.41) is 8.34. The first kappa shape index (κ1) is 15.5. The van der Waals surface area contributed by atoms with Crippen molar-refractivity contribution in [1.29, 1.82) is 0 Å². The van der Waals surface area contributed by atoms with Gasteiger partial charge in [0.15, 0.2) is 0 Å². The molecule has 0 saturated heterocycles. The van der Waals surface area contributed by atoms with Crippen LogP contribution >= 0.6 is 0 Å². The van der Waals surface area contributed by atoms with Crippen LogP contribution in [0.2, 0.25) is 0 Å². The molecule has 0 amide bonds. The van der Waals surface area contributed by atoms with Gasteiger partial charge in [-0.1, -0.05) is 23.4 Å². The molecule has 5 nitrogen and oxygen atoms in total. The van der Waals surface area contributed by atoms with Crippen LogP contribution < -0.4 is 10.5 Å². The van der Waals surface area contributed by atoms with E-state index in [1.54, 1.807) is 0 Å². The van der Waals surface area contributed by atoms with Gasteiger partial charge in [0.25, 0.3) is 0 Å². The van der Waals surface area contributed by atoms with Crippen LogP contribution in [0, 0.1) is 13.8 Å². The van der Waals surface area contributed by atoms with Gasteiger partial charge in [-0.25, -0.2) is 4.68 Å². The average molecular weight is 288 g/mol. The lowest BCUT2D eigenvalue weighted by molar-refractivity contribution is 0.299. The van der Waals surface area contributed by atoms with Gasteiger partial charge in [0.1, 0.15) is 5.75 Å². The lowest BCUT2D eigenvalue weighted by Crippen LogP contribution is -2.07. The number of para-hydroxylation sites is 1. The predicted molar refractivity (Wildman–Crippen MR) is 83.4 cm³/mol. The number of hydrogen-bond acceptors (Lipinski definition) is 4. The molecule has 0 unspecified atom stereocenters. The smallest absolute Gasteiger partial charge is 0.122 e. The Morgan fingerprint density at radius 2 is 2.00 bits per heavy atom. The highest BCUT2D eigenvalue weighted by Crippen LogP contribution is 2.16. The van der Waals surface area contributed by atoms with Crippen molar-refractivity contribution in [3.8, 4) is 5.75 Å².